The third-order valence-electron chi connectivity index (χ3n) is 3.77. The Kier molecular flexibility index (Phi) is 6.50. The predicted octanol–water partition coefficient (Wildman–Crippen LogP) is 5.17. The zero-order valence-corrected chi connectivity index (χ0v) is 16.7. The second kappa shape index (κ2) is 9.04. The van der Waals surface area contributed by atoms with Gasteiger partial charge in [-0.25, -0.2) is 4.98 Å². The van der Waals surface area contributed by atoms with Gasteiger partial charge in [0.15, 0.2) is 0 Å². The highest BCUT2D eigenvalue weighted by molar-refractivity contribution is 6.35. The number of nitrogens with one attached hydrogen (secondary N) is 2. The van der Waals surface area contributed by atoms with Gasteiger partial charge in [0.25, 0.3) is 0 Å². The molecule has 0 aliphatic carbocycles. The average molecular weight is 402 g/mol. The van der Waals surface area contributed by atoms with E-state index in [-0.39, 0.29) is 0 Å². The number of likely N-dealkylation sites (N-methyl/N-ethyl adjacent to an activating group) is 1. The lowest BCUT2D eigenvalue weighted by atomic mass is 10.1. The van der Waals surface area contributed by atoms with Gasteiger partial charge in [-0.3, -0.25) is 0 Å². The van der Waals surface area contributed by atoms with E-state index in [4.69, 9.17) is 23.2 Å². The molecule has 0 aliphatic rings. The van der Waals surface area contributed by atoms with Gasteiger partial charge in [0, 0.05) is 40.5 Å². The first-order chi connectivity index (χ1) is 13.0. The maximum absolute atomic E-state index is 6.10. The molecule has 0 saturated heterocycles. The van der Waals surface area contributed by atoms with Crippen LogP contribution < -0.4 is 10.6 Å². The van der Waals surface area contributed by atoms with E-state index in [1.807, 2.05) is 50.5 Å². The van der Waals surface area contributed by atoms with Crippen molar-refractivity contribution < 1.29 is 0 Å². The number of benzene rings is 2. The van der Waals surface area contributed by atoms with Crippen LogP contribution in [-0.2, 0) is 0 Å². The Bertz CT molecular complexity index is 880. The molecule has 140 valence electrons. The molecule has 0 bridgehead atoms. The van der Waals surface area contributed by atoms with Crippen LogP contribution >= 0.6 is 23.2 Å². The first kappa shape index (κ1) is 19.4. The van der Waals surface area contributed by atoms with Crippen LogP contribution in [0.25, 0.3) is 11.3 Å². The van der Waals surface area contributed by atoms with Crippen molar-refractivity contribution in [3.8, 4) is 11.3 Å². The molecular weight excluding hydrogens is 381 g/mol. The monoisotopic (exact) mass is 401 g/mol. The summed E-state index contributed by atoms with van der Waals surface area (Å²) in [6.45, 7) is 1.62. The first-order valence-electron chi connectivity index (χ1n) is 8.56. The molecule has 2 aromatic carbocycles. The molecular formula is C20H21Cl2N5. The van der Waals surface area contributed by atoms with Crippen LogP contribution in [0.4, 0.5) is 17.5 Å². The molecule has 3 aromatic rings. The van der Waals surface area contributed by atoms with Gasteiger partial charge in [0.2, 0.25) is 5.95 Å². The summed E-state index contributed by atoms with van der Waals surface area (Å²) in [6, 6.07) is 17.2. The fourth-order valence-corrected chi connectivity index (χ4v) is 3.04. The molecule has 0 spiro atoms. The molecule has 2 N–H and O–H groups in total. The minimum absolute atomic E-state index is 0.562. The number of hydrogen-bond acceptors (Lipinski definition) is 5. The lowest BCUT2D eigenvalue weighted by Gasteiger charge is -2.13. The normalized spacial score (nSPS) is 10.9. The number of anilines is 3. The van der Waals surface area contributed by atoms with Crippen LogP contribution in [0.1, 0.15) is 0 Å². The molecule has 5 nitrogen and oxygen atoms in total. The van der Waals surface area contributed by atoms with Gasteiger partial charge >= 0.3 is 0 Å². The van der Waals surface area contributed by atoms with E-state index >= 15 is 0 Å². The SMILES string of the molecule is CN(C)CCNc1nc(Nc2cc(Cl)cc(Cl)c2)cc(-c2ccccc2)n1. The molecule has 0 radical (unpaired) electrons. The molecule has 3 rings (SSSR count). The molecule has 0 saturated carbocycles. The summed E-state index contributed by atoms with van der Waals surface area (Å²) in [7, 11) is 4.05. The van der Waals surface area contributed by atoms with Gasteiger partial charge < -0.3 is 15.5 Å². The van der Waals surface area contributed by atoms with Crippen molar-refractivity contribution in [1.29, 1.82) is 0 Å². The largest absolute Gasteiger partial charge is 0.353 e. The highest BCUT2D eigenvalue weighted by atomic mass is 35.5. The lowest BCUT2D eigenvalue weighted by molar-refractivity contribution is 0.425. The minimum atomic E-state index is 0.562. The minimum Gasteiger partial charge on any atom is -0.353 e. The van der Waals surface area contributed by atoms with Crippen LogP contribution in [0.5, 0.6) is 0 Å². The maximum atomic E-state index is 6.10. The van der Waals surface area contributed by atoms with Gasteiger partial charge in [-0.05, 0) is 32.3 Å². The van der Waals surface area contributed by atoms with Crippen LogP contribution in [0, 0.1) is 0 Å². The summed E-state index contributed by atoms with van der Waals surface area (Å²) in [5.74, 6) is 1.23. The zero-order chi connectivity index (χ0) is 19.2. The molecule has 0 fully saturated rings. The molecule has 1 heterocycles. The van der Waals surface area contributed by atoms with Gasteiger partial charge in [-0.1, -0.05) is 53.5 Å². The molecule has 0 aliphatic heterocycles. The highest BCUT2D eigenvalue weighted by Gasteiger charge is 2.08. The van der Waals surface area contributed by atoms with Crippen LogP contribution in [0.15, 0.2) is 54.6 Å². The molecule has 0 amide bonds. The quantitative estimate of drug-likeness (QED) is 0.571. The van der Waals surface area contributed by atoms with E-state index in [1.165, 1.54) is 0 Å². The van der Waals surface area contributed by atoms with Crippen molar-refractivity contribution in [2.24, 2.45) is 0 Å². The Labute approximate surface area is 169 Å². The molecule has 27 heavy (non-hydrogen) atoms. The number of rotatable bonds is 7. The van der Waals surface area contributed by atoms with E-state index in [0.29, 0.717) is 21.8 Å². The smallest absolute Gasteiger partial charge is 0.225 e. The second-order valence-corrected chi connectivity index (χ2v) is 7.21. The van der Waals surface area contributed by atoms with Gasteiger partial charge in [-0.15, -0.1) is 0 Å². The second-order valence-electron chi connectivity index (χ2n) is 6.34. The van der Waals surface area contributed by atoms with Crippen molar-refractivity contribution in [1.82, 2.24) is 14.9 Å². The molecule has 1 aromatic heterocycles. The summed E-state index contributed by atoms with van der Waals surface area (Å²) in [4.78, 5) is 11.3. The summed E-state index contributed by atoms with van der Waals surface area (Å²) in [5.41, 5.74) is 2.61. The maximum Gasteiger partial charge on any atom is 0.225 e. The summed E-state index contributed by atoms with van der Waals surface area (Å²) in [6.07, 6.45) is 0. The standard InChI is InChI=1S/C20H21Cl2N5/c1-27(2)9-8-23-20-25-18(14-6-4-3-5-7-14)13-19(26-20)24-17-11-15(21)10-16(22)12-17/h3-7,10-13H,8-9H2,1-2H3,(H2,23,24,25,26). The van der Waals surface area contributed by atoms with Crippen molar-refractivity contribution in [3.63, 3.8) is 0 Å². The van der Waals surface area contributed by atoms with E-state index in [2.05, 4.69) is 25.5 Å². The summed E-state index contributed by atoms with van der Waals surface area (Å²) >= 11 is 12.2. The molecule has 0 unspecified atom stereocenters. The van der Waals surface area contributed by atoms with Gasteiger partial charge in [-0.2, -0.15) is 4.98 Å². The van der Waals surface area contributed by atoms with Crippen molar-refractivity contribution >= 4 is 40.7 Å². The van der Waals surface area contributed by atoms with E-state index in [9.17, 15) is 0 Å². The van der Waals surface area contributed by atoms with Crippen molar-refractivity contribution in [3.05, 3.63) is 64.6 Å². The molecule has 0 atom stereocenters. The lowest BCUT2D eigenvalue weighted by Crippen LogP contribution is -2.21. The van der Waals surface area contributed by atoms with Crippen molar-refractivity contribution in [2.75, 3.05) is 37.8 Å². The number of hydrogen-bond donors (Lipinski definition) is 2. The Balaban J connectivity index is 1.91. The van der Waals surface area contributed by atoms with Crippen LogP contribution in [-0.4, -0.2) is 42.1 Å². The Morgan fingerprint density at radius 1 is 0.926 bits per heavy atom. The Morgan fingerprint density at radius 2 is 1.63 bits per heavy atom. The van der Waals surface area contributed by atoms with E-state index in [0.717, 1.165) is 30.0 Å². The molecule has 7 heteroatoms. The fraction of sp³-hybridized carbons (Fsp3) is 0.200. The zero-order valence-electron chi connectivity index (χ0n) is 15.2. The van der Waals surface area contributed by atoms with Crippen molar-refractivity contribution in [2.45, 2.75) is 0 Å². The van der Waals surface area contributed by atoms with E-state index < -0.39 is 0 Å². The van der Waals surface area contributed by atoms with Gasteiger partial charge in [0.05, 0.1) is 5.69 Å². The predicted molar refractivity (Wildman–Crippen MR) is 114 cm³/mol. The Morgan fingerprint density at radius 3 is 2.30 bits per heavy atom. The van der Waals surface area contributed by atoms with E-state index in [1.54, 1.807) is 18.2 Å². The third kappa shape index (κ3) is 5.82. The fourth-order valence-electron chi connectivity index (χ4n) is 2.51. The number of nitrogens with zero attached hydrogens (tertiary/aromatic N) is 3. The summed E-state index contributed by atoms with van der Waals surface area (Å²) in [5, 5.41) is 7.67. The summed E-state index contributed by atoms with van der Waals surface area (Å²) < 4.78 is 0. The van der Waals surface area contributed by atoms with Crippen LogP contribution in [0.2, 0.25) is 10.0 Å². The topological polar surface area (TPSA) is 53.1 Å². The van der Waals surface area contributed by atoms with Crippen LogP contribution in [0.3, 0.4) is 0 Å². The third-order valence-corrected chi connectivity index (χ3v) is 4.21. The average Bonchev–Trinajstić information content (AvgIpc) is 2.61. The Hall–Kier alpha value is -2.34. The number of halogens is 2. The highest BCUT2D eigenvalue weighted by Crippen LogP contribution is 2.27. The number of aromatic nitrogens is 2. The first-order valence-corrected chi connectivity index (χ1v) is 9.31. The van der Waals surface area contributed by atoms with Gasteiger partial charge in [0.1, 0.15) is 5.82 Å².